The van der Waals surface area contributed by atoms with Crippen LogP contribution in [0.15, 0.2) is 43.1 Å². The van der Waals surface area contributed by atoms with Gasteiger partial charge in [0.1, 0.15) is 17.1 Å². The number of aryl methyl sites for hydroxylation is 1. The van der Waals surface area contributed by atoms with E-state index in [-0.39, 0.29) is 38.5 Å². The summed E-state index contributed by atoms with van der Waals surface area (Å²) in [5.41, 5.74) is 5.87. The van der Waals surface area contributed by atoms with E-state index >= 15 is 0 Å². The SMILES string of the molecule is C=C/C=C(/CNC1CCC1)c1cc[n-]c1C.CC.Nc1c(O)ccc(F)c1C(F)(F)F.[CH2-]C.[CH3-].[U+3]. The van der Waals surface area contributed by atoms with Crippen LogP contribution in [0.5, 0.6) is 5.75 Å². The third kappa shape index (κ3) is 12.2. The van der Waals surface area contributed by atoms with E-state index in [9.17, 15) is 17.6 Å². The second-order valence-electron chi connectivity index (χ2n) is 6.73. The Balaban J connectivity index is -0.000000495. The molecular formula is C26H38F4N3OU. The molecule has 1 aliphatic carbocycles. The number of hydrogen-bond donors (Lipinski definition) is 3. The Morgan fingerprint density at radius 3 is 2.20 bits per heavy atom. The van der Waals surface area contributed by atoms with Gasteiger partial charge in [-0.25, -0.2) is 4.39 Å². The van der Waals surface area contributed by atoms with E-state index < -0.39 is 29.0 Å². The quantitative estimate of drug-likeness (QED) is 0.101. The summed E-state index contributed by atoms with van der Waals surface area (Å²) in [5.74, 6) is -2.28. The van der Waals surface area contributed by atoms with E-state index in [0.29, 0.717) is 6.07 Å². The molecule has 4 nitrogen and oxygen atoms in total. The Hall–Kier alpha value is -1.69. The van der Waals surface area contributed by atoms with Crippen LogP contribution in [-0.2, 0) is 6.18 Å². The molecule has 195 valence electrons. The number of nitrogens with one attached hydrogen (secondary N) is 1. The van der Waals surface area contributed by atoms with Crippen molar-refractivity contribution < 1.29 is 53.8 Å². The van der Waals surface area contributed by atoms with Gasteiger partial charge < -0.3 is 35.5 Å². The van der Waals surface area contributed by atoms with Gasteiger partial charge in [-0.2, -0.15) is 32.0 Å². The number of aromatic nitrogens is 1. The molecule has 1 fully saturated rings. The van der Waals surface area contributed by atoms with Gasteiger partial charge in [0.25, 0.3) is 0 Å². The molecule has 0 atom stereocenters. The van der Waals surface area contributed by atoms with Crippen molar-refractivity contribution in [1.82, 2.24) is 10.3 Å². The van der Waals surface area contributed by atoms with Crippen LogP contribution >= 0.6 is 0 Å². The van der Waals surface area contributed by atoms with E-state index in [4.69, 9.17) is 10.8 Å². The van der Waals surface area contributed by atoms with Crippen LogP contribution < -0.4 is 16.0 Å². The number of anilines is 1. The zero-order valence-corrected chi connectivity index (χ0v) is 25.4. The summed E-state index contributed by atoms with van der Waals surface area (Å²) in [6.07, 6.45) is 4.91. The van der Waals surface area contributed by atoms with Crippen LogP contribution in [0.2, 0.25) is 0 Å². The number of phenolic OH excluding ortho intramolecular Hbond substituents is 1. The van der Waals surface area contributed by atoms with Gasteiger partial charge in [0, 0.05) is 12.6 Å². The second-order valence-corrected chi connectivity index (χ2v) is 6.73. The van der Waals surface area contributed by atoms with Crippen LogP contribution in [0.4, 0.5) is 23.2 Å². The number of allylic oxidation sites excluding steroid dienone is 2. The van der Waals surface area contributed by atoms with E-state index in [2.05, 4.69) is 42.9 Å². The van der Waals surface area contributed by atoms with Gasteiger partial charge in [0.15, 0.2) is 0 Å². The minimum absolute atomic E-state index is 0. The number of phenols is 1. The summed E-state index contributed by atoms with van der Waals surface area (Å²) in [5, 5.41) is 12.4. The minimum Gasteiger partial charge on any atom is -0.667 e. The fourth-order valence-corrected chi connectivity index (χ4v) is 2.88. The number of nitrogen functional groups attached to an aromatic ring is 1. The van der Waals surface area contributed by atoms with Gasteiger partial charge in [-0.15, -0.1) is 0 Å². The smallest absolute Gasteiger partial charge is 0.667 e. The van der Waals surface area contributed by atoms with Crippen molar-refractivity contribution in [2.24, 2.45) is 0 Å². The predicted octanol–water partition coefficient (Wildman–Crippen LogP) is 7.11. The van der Waals surface area contributed by atoms with Crippen LogP contribution in [0.3, 0.4) is 0 Å². The van der Waals surface area contributed by atoms with E-state index in [0.717, 1.165) is 24.3 Å². The fraction of sp³-hybridized carbons (Fsp3) is 0.385. The summed E-state index contributed by atoms with van der Waals surface area (Å²) >= 11 is 0. The molecule has 1 aromatic carbocycles. The Kier molecular flexibility index (Phi) is 21.1. The molecule has 2 aromatic rings. The summed E-state index contributed by atoms with van der Waals surface area (Å²) in [6.45, 7) is 15.7. The molecule has 1 saturated carbocycles. The molecule has 0 unspecified atom stereocenters. The maximum atomic E-state index is 12.6. The Morgan fingerprint density at radius 1 is 1.26 bits per heavy atom. The van der Waals surface area contributed by atoms with Crippen molar-refractivity contribution in [2.45, 2.75) is 59.2 Å². The molecule has 0 aliphatic heterocycles. The number of nitrogens with two attached hydrogens (primary N) is 1. The van der Waals surface area contributed by atoms with E-state index in [1.807, 2.05) is 26.1 Å². The van der Waals surface area contributed by atoms with Gasteiger partial charge in [0.05, 0.1) is 5.69 Å². The topological polar surface area (TPSA) is 72.4 Å². The maximum absolute atomic E-state index is 12.6. The number of nitrogens with zero attached hydrogens (tertiary/aromatic N) is 1. The Morgan fingerprint density at radius 2 is 1.83 bits per heavy atom. The first kappa shape index (κ1) is 37.9. The zero-order chi connectivity index (χ0) is 25.6. The Bertz CT molecular complexity index is 876. The van der Waals surface area contributed by atoms with Crippen molar-refractivity contribution in [2.75, 3.05) is 12.3 Å². The number of alkyl halides is 3. The average Bonchev–Trinajstić information content (AvgIpc) is 3.17. The van der Waals surface area contributed by atoms with Gasteiger partial charge >= 0.3 is 37.3 Å². The van der Waals surface area contributed by atoms with Crippen molar-refractivity contribution in [3.8, 4) is 5.75 Å². The van der Waals surface area contributed by atoms with Crippen molar-refractivity contribution in [3.05, 3.63) is 80.1 Å². The molecule has 35 heavy (non-hydrogen) atoms. The predicted molar refractivity (Wildman–Crippen MR) is 135 cm³/mol. The Labute approximate surface area is 231 Å². The van der Waals surface area contributed by atoms with Crippen LogP contribution in [-0.4, -0.2) is 17.7 Å². The van der Waals surface area contributed by atoms with E-state index in [1.54, 1.807) is 6.92 Å². The van der Waals surface area contributed by atoms with Crippen LogP contribution in [0.1, 0.15) is 56.9 Å². The molecule has 1 heterocycles. The minimum atomic E-state index is -4.90. The molecule has 4 N–H and O–H groups in total. The first-order valence-electron chi connectivity index (χ1n) is 10.8. The fourth-order valence-electron chi connectivity index (χ4n) is 2.88. The summed E-state index contributed by atoms with van der Waals surface area (Å²) in [7, 11) is 0. The maximum Gasteiger partial charge on any atom is 3.00 e. The summed E-state index contributed by atoms with van der Waals surface area (Å²) in [6, 6.07) is 4.07. The van der Waals surface area contributed by atoms with Crippen molar-refractivity contribution >= 4 is 11.3 Å². The molecule has 9 heteroatoms. The average molecular weight is 723 g/mol. The first-order valence-corrected chi connectivity index (χ1v) is 10.8. The normalized spacial score (nSPS) is 12.5. The molecule has 1 radical (unpaired) electrons. The number of halogens is 4. The molecule has 0 amide bonds. The monoisotopic (exact) mass is 722 g/mol. The zero-order valence-electron chi connectivity index (χ0n) is 21.3. The third-order valence-electron chi connectivity index (χ3n) is 4.71. The van der Waals surface area contributed by atoms with Crippen molar-refractivity contribution in [3.63, 3.8) is 0 Å². The standard InChI is InChI=1S/C14H19N2.C7H5F4NO.C2H6.C2H5.CH3.U/c1-3-5-12(10-16-13-6-4-7-13)14-8-9-15-11(14)2;8-3-1-2-4(13)6(12)5(3)7(9,10)11;2*1-2;;/h3,5,8-9,13,16H,1,4,6-7,10H2,2H3;1-2,13H,12H2;1-2H3;1H2,2H3;1H3;/q-1;;;2*-1;+3/b12-5-;;;;;. The van der Waals surface area contributed by atoms with E-state index in [1.165, 1.54) is 30.4 Å². The van der Waals surface area contributed by atoms with Gasteiger partial charge in [-0.05, 0) is 36.1 Å². The summed E-state index contributed by atoms with van der Waals surface area (Å²) < 4.78 is 48.8. The van der Waals surface area contributed by atoms with Crippen molar-refractivity contribution in [1.29, 1.82) is 0 Å². The number of benzene rings is 1. The molecular weight excluding hydrogens is 684 g/mol. The number of hydrogen-bond acceptors (Lipinski definition) is 3. The third-order valence-corrected chi connectivity index (χ3v) is 4.71. The van der Waals surface area contributed by atoms with Crippen LogP contribution in [0.25, 0.3) is 5.57 Å². The number of rotatable bonds is 5. The number of aromatic hydroxyl groups is 1. The molecule has 0 spiro atoms. The molecule has 3 rings (SSSR count). The first-order chi connectivity index (χ1) is 15.6. The second kappa shape index (κ2) is 19.5. The van der Waals surface area contributed by atoms with Gasteiger partial charge in [-0.1, -0.05) is 52.0 Å². The molecule has 1 aliphatic rings. The van der Waals surface area contributed by atoms with Crippen LogP contribution in [0, 0.1) is 58.2 Å². The molecule has 1 aromatic heterocycles. The summed E-state index contributed by atoms with van der Waals surface area (Å²) in [4.78, 5) is 4.28. The van der Waals surface area contributed by atoms with Gasteiger partial charge in [0.2, 0.25) is 0 Å². The largest absolute Gasteiger partial charge is 3.00 e. The van der Waals surface area contributed by atoms with Gasteiger partial charge in [-0.3, -0.25) is 0 Å². The molecule has 0 bridgehead atoms. The molecule has 0 saturated heterocycles.